The van der Waals surface area contributed by atoms with Crippen LogP contribution in [0.3, 0.4) is 0 Å². The highest BCUT2D eigenvalue weighted by Crippen LogP contribution is 2.03. The molecular formula is C6H11IO. The lowest BCUT2D eigenvalue weighted by atomic mass is 10.1. The Labute approximate surface area is 64.0 Å². The molecular weight excluding hydrogens is 215 g/mol. The van der Waals surface area contributed by atoms with Gasteiger partial charge in [0.15, 0.2) is 0 Å². The molecule has 0 aromatic rings. The first-order chi connectivity index (χ1) is 3.72. The van der Waals surface area contributed by atoms with Crippen LogP contribution in [0.5, 0.6) is 0 Å². The van der Waals surface area contributed by atoms with E-state index >= 15 is 0 Å². The van der Waals surface area contributed by atoms with Gasteiger partial charge in [0.1, 0.15) is 5.78 Å². The van der Waals surface area contributed by atoms with Crippen LogP contribution >= 0.6 is 22.6 Å². The van der Waals surface area contributed by atoms with Crippen molar-refractivity contribution in [2.75, 3.05) is 4.43 Å². The van der Waals surface area contributed by atoms with E-state index in [1.807, 2.05) is 13.8 Å². The third kappa shape index (κ3) is 2.64. The molecule has 0 aliphatic rings. The van der Waals surface area contributed by atoms with Crippen LogP contribution in [0.15, 0.2) is 0 Å². The molecule has 0 N–H and O–H groups in total. The molecule has 0 fully saturated rings. The largest absolute Gasteiger partial charge is 0.299 e. The molecule has 0 saturated heterocycles. The van der Waals surface area contributed by atoms with Crippen LogP contribution < -0.4 is 0 Å². The standard InChI is InChI=1S/C6H11IO/c1-3-5(2)6(8)4-7/h5H,3-4H2,1-2H3. The van der Waals surface area contributed by atoms with Gasteiger partial charge in [-0.15, -0.1) is 0 Å². The molecule has 0 aliphatic heterocycles. The summed E-state index contributed by atoms with van der Waals surface area (Å²) in [5, 5.41) is 0. The van der Waals surface area contributed by atoms with Crippen LogP contribution in [0.2, 0.25) is 0 Å². The van der Waals surface area contributed by atoms with Crippen molar-refractivity contribution in [3.05, 3.63) is 0 Å². The van der Waals surface area contributed by atoms with E-state index in [1.54, 1.807) is 0 Å². The van der Waals surface area contributed by atoms with E-state index in [0.29, 0.717) is 10.2 Å². The van der Waals surface area contributed by atoms with Gasteiger partial charge < -0.3 is 0 Å². The lowest BCUT2D eigenvalue weighted by Gasteiger charge is -2.01. The summed E-state index contributed by atoms with van der Waals surface area (Å²) < 4.78 is 0.659. The minimum atomic E-state index is 0.270. The Balaban J connectivity index is 3.46. The number of Topliss-reactive ketones (excluding diaryl/α,β-unsaturated/α-hetero) is 1. The zero-order chi connectivity index (χ0) is 6.57. The highest BCUT2D eigenvalue weighted by Gasteiger charge is 2.06. The van der Waals surface area contributed by atoms with Gasteiger partial charge in [0.05, 0.1) is 4.43 Å². The number of rotatable bonds is 3. The Kier molecular flexibility index (Phi) is 4.51. The van der Waals surface area contributed by atoms with Gasteiger partial charge in [-0.1, -0.05) is 36.4 Å². The minimum absolute atomic E-state index is 0.270. The molecule has 0 rings (SSSR count). The second kappa shape index (κ2) is 4.30. The molecule has 0 radical (unpaired) electrons. The first-order valence-corrected chi connectivity index (χ1v) is 4.33. The van der Waals surface area contributed by atoms with Crippen molar-refractivity contribution in [1.82, 2.24) is 0 Å². The molecule has 0 saturated carbocycles. The Bertz CT molecular complexity index is 80.6. The van der Waals surface area contributed by atoms with E-state index in [-0.39, 0.29) is 5.92 Å². The van der Waals surface area contributed by atoms with Gasteiger partial charge in [-0.3, -0.25) is 4.79 Å². The predicted octanol–water partition coefficient (Wildman–Crippen LogP) is 2.04. The molecule has 0 amide bonds. The first-order valence-electron chi connectivity index (χ1n) is 2.81. The zero-order valence-corrected chi connectivity index (χ0v) is 7.44. The van der Waals surface area contributed by atoms with E-state index in [1.165, 1.54) is 0 Å². The van der Waals surface area contributed by atoms with Crippen LogP contribution in [0, 0.1) is 5.92 Å². The molecule has 0 spiro atoms. The summed E-state index contributed by atoms with van der Waals surface area (Å²) in [4.78, 5) is 10.7. The van der Waals surface area contributed by atoms with Gasteiger partial charge in [-0.2, -0.15) is 0 Å². The predicted molar refractivity (Wildman–Crippen MR) is 43.3 cm³/mol. The summed E-state index contributed by atoms with van der Waals surface area (Å²) in [5.41, 5.74) is 0. The summed E-state index contributed by atoms with van der Waals surface area (Å²) in [7, 11) is 0. The van der Waals surface area contributed by atoms with Gasteiger partial charge in [0, 0.05) is 5.92 Å². The second-order valence-electron chi connectivity index (χ2n) is 1.91. The third-order valence-corrected chi connectivity index (χ3v) is 2.05. The Morgan fingerprint density at radius 3 is 2.38 bits per heavy atom. The van der Waals surface area contributed by atoms with Crippen molar-refractivity contribution in [2.24, 2.45) is 5.92 Å². The SMILES string of the molecule is CCC(C)C(=O)CI. The first kappa shape index (κ1) is 8.40. The normalized spacial score (nSPS) is 13.4. The molecule has 1 nitrogen and oxygen atoms in total. The average Bonchev–Trinajstić information content (AvgIpc) is 1.84. The Hall–Kier alpha value is 0.400. The quantitative estimate of drug-likeness (QED) is 0.531. The van der Waals surface area contributed by atoms with Gasteiger partial charge in [-0.05, 0) is 6.42 Å². The van der Waals surface area contributed by atoms with Crippen molar-refractivity contribution in [1.29, 1.82) is 0 Å². The van der Waals surface area contributed by atoms with E-state index in [4.69, 9.17) is 0 Å². The second-order valence-corrected chi connectivity index (χ2v) is 2.67. The van der Waals surface area contributed by atoms with Gasteiger partial charge in [0.25, 0.3) is 0 Å². The van der Waals surface area contributed by atoms with E-state index < -0.39 is 0 Å². The third-order valence-electron chi connectivity index (χ3n) is 1.29. The van der Waals surface area contributed by atoms with Gasteiger partial charge in [0.2, 0.25) is 0 Å². The highest BCUT2D eigenvalue weighted by molar-refractivity contribution is 14.1. The summed E-state index contributed by atoms with van der Waals surface area (Å²) in [5.74, 6) is 0.639. The number of alkyl halides is 1. The highest BCUT2D eigenvalue weighted by atomic mass is 127. The van der Waals surface area contributed by atoms with Crippen molar-refractivity contribution < 1.29 is 4.79 Å². The topological polar surface area (TPSA) is 17.1 Å². The number of carbonyl (C=O) groups excluding carboxylic acids is 1. The molecule has 0 aromatic heterocycles. The lowest BCUT2D eigenvalue weighted by Crippen LogP contribution is -2.09. The summed E-state index contributed by atoms with van der Waals surface area (Å²) in [6, 6.07) is 0. The maximum atomic E-state index is 10.7. The molecule has 48 valence electrons. The summed E-state index contributed by atoms with van der Waals surface area (Å²) >= 11 is 2.10. The van der Waals surface area contributed by atoms with Crippen LogP contribution in [-0.2, 0) is 4.79 Å². The zero-order valence-electron chi connectivity index (χ0n) is 5.28. The molecule has 0 aromatic carbocycles. The molecule has 1 unspecified atom stereocenters. The minimum Gasteiger partial charge on any atom is -0.299 e. The molecule has 1 atom stereocenters. The van der Waals surface area contributed by atoms with Crippen LogP contribution in [0.1, 0.15) is 20.3 Å². The van der Waals surface area contributed by atoms with Gasteiger partial charge >= 0.3 is 0 Å². The summed E-state index contributed by atoms with van der Waals surface area (Å²) in [6.45, 7) is 4.01. The molecule has 8 heavy (non-hydrogen) atoms. The van der Waals surface area contributed by atoms with Gasteiger partial charge in [-0.25, -0.2) is 0 Å². The number of ketones is 1. The van der Waals surface area contributed by atoms with Crippen molar-refractivity contribution in [3.8, 4) is 0 Å². The monoisotopic (exact) mass is 226 g/mol. The molecule has 0 bridgehead atoms. The fourth-order valence-electron chi connectivity index (χ4n) is 0.359. The number of hydrogen-bond acceptors (Lipinski definition) is 1. The molecule has 0 heterocycles. The number of hydrogen-bond donors (Lipinski definition) is 0. The van der Waals surface area contributed by atoms with E-state index in [9.17, 15) is 4.79 Å². The Morgan fingerprint density at radius 1 is 1.75 bits per heavy atom. The summed E-state index contributed by atoms with van der Waals surface area (Å²) in [6.07, 6.45) is 0.974. The number of carbonyl (C=O) groups is 1. The van der Waals surface area contributed by atoms with Crippen LogP contribution in [0.25, 0.3) is 0 Å². The van der Waals surface area contributed by atoms with Crippen molar-refractivity contribution in [2.45, 2.75) is 20.3 Å². The fraction of sp³-hybridized carbons (Fsp3) is 0.833. The van der Waals surface area contributed by atoms with E-state index in [0.717, 1.165) is 6.42 Å². The average molecular weight is 226 g/mol. The smallest absolute Gasteiger partial charge is 0.145 e. The van der Waals surface area contributed by atoms with E-state index in [2.05, 4.69) is 22.6 Å². The number of halogens is 1. The van der Waals surface area contributed by atoms with Crippen LogP contribution in [0.4, 0.5) is 0 Å². The maximum absolute atomic E-state index is 10.7. The van der Waals surface area contributed by atoms with Crippen molar-refractivity contribution in [3.63, 3.8) is 0 Å². The Morgan fingerprint density at radius 2 is 2.25 bits per heavy atom. The molecule has 0 aliphatic carbocycles. The maximum Gasteiger partial charge on any atom is 0.145 e. The molecule has 2 heteroatoms. The van der Waals surface area contributed by atoms with Crippen molar-refractivity contribution >= 4 is 28.4 Å². The van der Waals surface area contributed by atoms with Crippen LogP contribution in [-0.4, -0.2) is 10.2 Å². The fourth-order valence-corrected chi connectivity index (χ4v) is 1.11. The lowest BCUT2D eigenvalue weighted by molar-refractivity contribution is -0.119.